The Labute approximate surface area is 204 Å². The minimum absolute atomic E-state index is 0.316. The molecule has 0 bridgehead atoms. The molecule has 0 nitrogen and oxygen atoms in total. The molecule has 16 heteroatoms. The van der Waals surface area contributed by atoms with Gasteiger partial charge in [0.25, 0.3) is 0 Å². The molecular formula is C14H42P16. The zero-order valence-corrected chi connectivity index (χ0v) is 35.5. The van der Waals surface area contributed by atoms with E-state index in [-0.39, 0.29) is 0 Å². The monoisotopic (exact) mass is 706 g/mol. The third-order valence-corrected chi connectivity index (χ3v) is 197. The summed E-state index contributed by atoms with van der Waals surface area (Å²) in [5.74, 6) is 0. The van der Waals surface area contributed by atoms with Gasteiger partial charge in [-0.15, -0.1) is 0 Å². The highest BCUT2D eigenvalue weighted by molar-refractivity contribution is 9.16. The van der Waals surface area contributed by atoms with Crippen molar-refractivity contribution in [1.29, 1.82) is 0 Å². The van der Waals surface area contributed by atoms with Crippen LogP contribution < -0.4 is 0 Å². The Kier molecular flexibility index (Phi) is 14.6. The Hall–Kier alpha value is 5.71. The van der Waals surface area contributed by atoms with Gasteiger partial charge in [-0.3, -0.25) is 0 Å². The molecule has 2 heterocycles. The maximum atomic E-state index is 2.78. The summed E-state index contributed by atoms with van der Waals surface area (Å²) < 4.78 is 0. The molecule has 0 N–H and O–H groups in total. The van der Waals surface area contributed by atoms with E-state index in [1.807, 2.05) is 0 Å². The van der Waals surface area contributed by atoms with Gasteiger partial charge in [0.1, 0.15) is 0 Å². The van der Waals surface area contributed by atoms with Crippen molar-refractivity contribution in [3.63, 3.8) is 0 Å². The second kappa shape index (κ2) is 13.7. The van der Waals surface area contributed by atoms with E-state index in [1.165, 1.54) is 0 Å². The van der Waals surface area contributed by atoms with Crippen molar-refractivity contribution in [3.05, 3.63) is 0 Å². The van der Waals surface area contributed by atoms with Crippen LogP contribution in [-0.2, 0) is 0 Å². The molecule has 178 valence electrons. The summed E-state index contributed by atoms with van der Waals surface area (Å²) in [4.78, 5) is 0. The van der Waals surface area contributed by atoms with E-state index in [0.29, 0.717) is 112 Å². The van der Waals surface area contributed by atoms with Crippen molar-refractivity contribution < 1.29 is 0 Å². The second-order valence-electron chi connectivity index (χ2n) is 8.35. The minimum atomic E-state index is 0.316. The van der Waals surface area contributed by atoms with Crippen LogP contribution in [0.15, 0.2) is 0 Å². The van der Waals surface area contributed by atoms with Crippen LogP contribution in [0.1, 0.15) is 0 Å². The predicted octanol–water partition coefficient (Wildman–Crippen LogP) is 16.1. The SMILES string of the molecule is CP(C)p1p(P(C)C)p(P(C)C)p2p(P(C)C)p(P(C)C)p(P(C)C)p2p1P(C)C. The van der Waals surface area contributed by atoms with Crippen LogP contribution in [-0.4, -0.2) is 93.3 Å². The Morgan fingerprint density at radius 1 is 0.233 bits per heavy atom. The van der Waals surface area contributed by atoms with E-state index in [4.69, 9.17) is 0 Å². The summed E-state index contributed by atoms with van der Waals surface area (Å²) >= 11 is 0. The lowest BCUT2D eigenvalue weighted by Gasteiger charge is -2.31. The maximum Gasteiger partial charge on any atom is -0.0107 e. The van der Waals surface area contributed by atoms with E-state index in [1.54, 1.807) is 0 Å². The molecule has 2 aromatic rings. The van der Waals surface area contributed by atoms with E-state index >= 15 is 0 Å². The fourth-order valence-corrected chi connectivity index (χ4v) is 407. The first-order valence-corrected chi connectivity index (χ1v) is 49.4. The summed E-state index contributed by atoms with van der Waals surface area (Å²) in [5, 5.41) is 0. The van der Waals surface area contributed by atoms with Crippen LogP contribution in [0.3, 0.4) is 0 Å². The van der Waals surface area contributed by atoms with Gasteiger partial charge in [0.05, 0.1) is 0 Å². The molecular weight excluding hydrogens is 664 g/mol. The molecule has 0 aromatic carbocycles. The normalized spacial score (nSPS) is 18.5. The summed E-state index contributed by atoms with van der Waals surface area (Å²) in [6, 6.07) is 0. The average Bonchev–Trinajstić information content (AvgIpc) is 2.94. The van der Waals surface area contributed by atoms with Crippen molar-refractivity contribution in [3.8, 4) is 0 Å². The third-order valence-electron chi connectivity index (χ3n) is 4.10. The molecule has 30 heavy (non-hydrogen) atoms. The summed E-state index contributed by atoms with van der Waals surface area (Å²) in [7, 11) is 2.26. The van der Waals surface area contributed by atoms with E-state index in [0.717, 1.165) is 0 Å². The van der Waals surface area contributed by atoms with Gasteiger partial charge in [-0.2, -0.15) is 0 Å². The van der Waals surface area contributed by atoms with Gasteiger partial charge in [-0.25, -0.2) is 0 Å². The first kappa shape index (κ1) is 31.9. The maximum absolute atomic E-state index is 2.78. The Morgan fingerprint density at radius 2 is 0.367 bits per heavy atom. The molecule has 2 rings (SSSR count). The molecule has 0 aliphatic rings. The topological polar surface area (TPSA) is 0 Å². The van der Waals surface area contributed by atoms with Crippen LogP contribution in [0.4, 0.5) is 0 Å². The molecule has 8 atom stereocenters. The fraction of sp³-hybridized carbons (Fsp3) is 1.00. The summed E-state index contributed by atoms with van der Waals surface area (Å²) in [6.45, 7) is 41.9. The number of hydrogen-bond acceptors (Lipinski definition) is 0. The number of fused-ring (bicyclic) bond motifs is 1. The van der Waals surface area contributed by atoms with Gasteiger partial charge in [0.2, 0.25) is 0 Å². The Bertz CT molecular complexity index is 840. The van der Waals surface area contributed by atoms with Gasteiger partial charge in [0, 0.05) is 0 Å². The Morgan fingerprint density at radius 3 is 0.500 bits per heavy atom. The van der Waals surface area contributed by atoms with Gasteiger partial charge < -0.3 is 0 Å². The summed E-state index contributed by atoms with van der Waals surface area (Å²) in [6.07, 6.45) is 0.990. The first-order chi connectivity index (χ1) is 13.7. The lowest BCUT2D eigenvalue weighted by molar-refractivity contribution is 2.29. The van der Waals surface area contributed by atoms with E-state index < -0.39 is 0 Å². The predicted molar refractivity (Wildman–Crippen MR) is 194 cm³/mol. The first-order valence-electron chi connectivity index (χ1n) is 9.66. The van der Waals surface area contributed by atoms with Crippen LogP contribution in [0, 0.1) is 0 Å². The van der Waals surface area contributed by atoms with Crippen molar-refractivity contribution in [1.82, 2.24) is 0 Å². The quantitative estimate of drug-likeness (QED) is 0.252. The molecule has 0 saturated heterocycles. The molecule has 0 aliphatic heterocycles. The lowest BCUT2D eigenvalue weighted by Crippen LogP contribution is -1.61. The van der Waals surface area contributed by atoms with Crippen molar-refractivity contribution in [2.75, 3.05) is 93.3 Å². The van der Waals surface area contributed by atoms with Gasteiger partial charge >= 0.3 is 0 Å². The molecule has 0 spiro atoms. The smallest absolute Gasteiger partial charge is 0.0107 e. The molecule has 0 amide bonds. The number of hydrogen-bond donors (Lipinski definition) is 0. The van der Waals surface area contributed by atoms with E-state index in [2.05, 4.69) is 93.3 Å². The highest BCUT2D eigenvalue weighted by Gasteiger charge is 2.32. The molecule has 8 unspecified atom stereocenters. The lowest BCUT2D eigenvalue weighted by atomic mass is 11.9. The van der Waals surface area contributed by atoms with E-state index in [9.17, 15) is 0 Å². The molecule has 0 fully saturated rings. The van der Waals surface area contributed by atoms with Crippen LogP contribution >= 0.6 is 112 Å². The zero-order chi connectivity index (χ0) is 23.2. The third kappa shape index (κ3) is 6.64. The van der Waals surface area contributed by atoms with Crippen LogP contribution in [0.25, 0.3) is 0 Å². The van der Waals surface area contributed by atoms with Crippen LogP contribution in [0.5, 0.6) is 0 Å². The van der Waals surface area contributed by atoms with Gasteiger partial charge in [0.15, 0.2) is 0 Å². The van der Waals surface area contributed by atoms with Crippen molar-refractivity contribution in [2.45, 2.75) is 0 Å². The molecule has 2 aromatic heterocycles. The van der Waals surface area contributed by atoms with Crippen molar-refractivity contribution >= 4 is 112 Å². The molecule has 0 saturated carbocycles. The fourth-order valence-electron chi connectivity index (χ4n) is 3.17. The summed E-state index contributed by atoms with van der Waals surface area (Å²) in [5.41, 5.74) is 0. The van der Waals surface area contributed by atoms with Gasteiger partial charge in [-0.05, 0) is 152 Å². The Balaban J connectivity index is 3.47. The average molecular weight is 706 g/mol. The second-order valence-corrected chi connectivity index (χ2v) is 99.8. The largest absolute Gasteiger partial charge is 0.0542 e. The minimum Gasteiger partial charge on any atom is -0.0542 e. The highest BCUT2D eigenvalue weighted by Crippen LogP contribution is 3.16. The van der Waals surface area contributed by atoms with Gasteiger partial charge in [-0.1, -0.05) is 53.3 Å². The van der Waals surface area contributed by atoms with Crippen molar-refractivity contribution in [2.24, 2.45) is 0 Å². The zero-order valence-electron chi connectivity index (χ0n) is 21.2. The molecule has 0 radical (unpaired) electrons. The number of rotatable bonds is 7. The molecule has 0 aliphatic carbocycles. The van der Waals surface area contributed by atoms with Crippen LogP contribution in [0.2, 0.25) is 0 Å². The standard InChI is InChI=1S/C14H42P16/c1-15(2)22-23(16(3)4)26(19(9)10)30-28(21(13)14)24(17(5)6)27(20(11)12)29(30)25(22)18(7)8/h1-14H3. The highest BCUT2D eigenvalue weighted by atomic mass is 33.2.